The molecule has 0 aromatic rings. The molecule has 0 saturated carbocycles. The maximum Gasteiger partial charge on any atom is 0.158 e. The van der Waals surface area contributed by atoms with Gasteiger partial charge in [0.25, 0.3) is 0 Å². The van der Waals surface area contributed by atoms with E-state index in [1.165, 1.54) is 20.2 Å². The second-order valence-corrected chi connectivity index (χ2v) is 2.16. The SMILES string of the molecule is C=CC(N)[N+](C)(C)[O-]. The third kappa shape index (κ3) is 2.07. The monoisotopic (exact) mass is 116 g/mol. The van der Waals surface area contributed by atoms with Crippen LogP contribution in [0.4, 0.5) is 0 Å². The summed E-state index contributed by atoms with van der Waals surface area (Å²) >= 11 is 0. The number of hydrogen-bond donors (Lipinski definition) is 1. The predicted molar refractivity (Wildman–Crippen MR) is 33.6 cm³/mol. The van der Waals surface area contributed by atoms with Gasteiger partial charge in [-0.05, 0) is 6.08 Å². The van der Waals surface area contributed by atoms with Crippen LogP contribution in [-0.2, 0) is 0 Å². The first kappa shape index (κ1) is 7.62. The highest BCUT2D eigenvalue weighted by molar-refractivity contribution is 4.74. The van der Waals surface area contributed by atoms with Crippen LogP contribution < -0.4 is 5.73 Å². The lowest BCUT2D eigenvalue weighted by Crippen LogP contribution is -2.47. The van der Waals surface area contributed by atoms with Gasteiger partial charge in [-0.1, -0.05) is 6.58 Å². The molecule has 0 aliphatic heterocycles. The van der Waals surface area contributed by atoms with E-state index in [1.807, 2.05) is 0 Å². The number of nitrogens with zero attached hydrogens (tertiary/aromatic N) is 1. The summed E-state index contributed by atoms with van der Waals surface area (Å²) in [5.74, 6) is 0. The molecule has 0 fully saturated rings. The highest BCUT2D eigenvalue weighted by Crippen LogP contribution is 1.96. The van der Waals surface area contributed by atoms with Crippen molar-refractivity contribution >= 4 is 0 Å². The molecule has 8 heavy (non-hydrogen) atoms. The lowest BCUT2D eigenvalue weighted by atomic mass is 10.4. The Bertz CT molecular complexity index is 84.9. The quantitative estimate of drug-likeness (QED) is 0.239. The Morgan fingerprint density at radius 1 is 1.75 bits per heavy atom. The third-order valence-electron chi connectivity index (χ3n) is 0.959. The molecule has 0 aromatic heterocycles. The molecule has 0 heterocycles. The van der Waals surface area contributed by atoms with Crippen LogP contribution in [-0.4, -0.2) is 24.9 Å². The summed E-state index contributed by atoms with van der Waals surface area (Å²) in [6, 6.07) is 0. The summed E-state index contributed by atoms with van der Waals surface area (Å²) in [4.78, 5) is 0. The fourth-order valence-corrected chi connectivity index (χ4v) is 0.254. The molecule has 0 bridgehead atoms. The average Bonchev–Trinajstić information content (AvgIpc) is 1.62. The van der Waals surface area contributed by atoms with Crippen molar-refractivity contribution in [2.75, 3.05) is 14.1 Å². The summed E-state index contributed by atoms with van der Waals surface area (Å²) < 4.78 is -0.510. The molecule has 48 valence electrons. The van der Waals surface area contributed by atoms with E-state index in [0.717, 1.165) is 0 Å². The molecular formula is C5H12N2O. The molecule has 1 atom stereocenters. The summed E-state index contributed by atoms with van der Waals surface area (Å²) in [5, 5.41) is 10.8. The van der Waals surface area contributed by atoms with E-state index in [4.69, 9.17) is 5.73 Å². The number of nitrogens with two attached hydrogens (primary N) is 1. The van der Waals surface area contributed by atoms with E-state index in [0.29, 0.717) is 0 Å². The largest absolute Gasteiger partial charge is 0.632 e. The van der Waals surface area contributed by atoms with Gasteiger partial charge < -0.3 is 9.85 Å². The van der Waals surface area contributed by atoms with Crippen molar-refractivity contribution in [3.8, 4) is 0 Å². The summed E-state index contributed by atoms with van der Waals surface area (Å²) in [5.41, 5.74) is 5.29. The zero-order valence-corrected chi connectivity index (χ0v) is 5.29. The molecule has 3 nitrogen and oxygen atoms in total. The number of hydroxylamine groups is 3. The van der Waals surface area contributed by atoms with Gasteiger partial charge >= 0.3 is 0 Å². The van der Waals surface area contributed by atoms with Crippen molar-refractivity contribution in [1.29, 1.82) is 0 Å². The zero-order valence-electron chi connectivity index (χ0n) is 5.29. The second kappa shape index (κ2) is 2.26. The predicted octanol–water partition coefficient (Wildman–Crippen LogP) is 0.0314. The van der Waals surface area contributed by atoms with Gasteiger partial charge in [0.05, 0.1) is 14.1 Å². The molecule has 1 unspecified atom stereocenters. The van der Waals surface area contributed by atoms with Crippen LogP contribution in [0.1, 0.15) is 0 Å². The molecule has 0 spiro atoms. The van der Waals surface area contributed by atoms with Crippen molar-refractivity contribution in [2.45, 2.75) is 6.17 Å². The molecule has 0 aliphatic rings. The smallest absolute Gasteiger partial charge is 0.158 e. The van der Waals surface area contributed by atoms with Crippen molar-refractivity contribution in [3.63, 3.8) is 0 Å². The Hall–Kier alpha value is -0.380. The molecule has 0 rings (SSSR count). The topological polar surface area (TPSA) is 49.1 Å². The molecular weight excluding hydrogens is 104 g/mol. The van der Waals surface area contributed by atoms with Gasteiger partial charge in [0.2, 0.25) is 0 Å². The fraction of sp³-hybridized carbons (Fsp3) is 0.600. The first-order chi connectivity index (χ1) is 3.48. The summed E-state index contributed by atoms with van der Waals surface area (Å²) in [6.45, 7) is 3.39. The van der Waals surface area contributed by atoms with Crippen molar-refractivity contribution in [2.24, 2.45) is 5.73 Å². The minimum Gasteiger partial charge on any atom is -0.632 e. The third-order valence-corrected chi connectivity index (χ3v) is 0.959. The Morgan fingerprint density at radius 3 is 2.12 bits per heavy atom. The maximum absolute atomic E-state index is 10.8. The standard InChI is InChI=1S/C5H12N2O/c1-4-5(6)7(2,3)8/h4-5H,1,6H2,2-3H3. The maximum atomic E-state index is 10.8. The van der Waals surface area contributed by atoms with E-state index in [-0.39, 0.29) is 0 Å². The van der Waals surface area contributed by atoms with Crippen LogP contribution in [0.2, 0.25) is 0 Å². The number of likely N-dealkylation sites (N-methyl/N-ethyl adjacent to an activating group) is 1. The highest BCUT2D eigenvalue weighted by Gasteiger charge is 2.08. The van der Waals surface area contributed by atoms with Crippen molar-refractivity contribution in [3.05, 3.63) is 17.9 Å². The molecule has 2 N–H and O–H groups in total. The van der Waals surface area contributed by atoms with Gasteiger partial charge in [-0.3, -0.25) is 5.73 Å². The lowest BCUT2D eigenvalue weighted by Gasteiger charge is -2.37. The van der Waals surface area contributed by atoms with Crippen LogP contribution in [0, 0.1) is 5.21 Å². The van der Waals surface area contributed by atoms with E-state index < -0.39 is 10.8 Å². The minimum absolute atomic E-state index is 0.505. The van der Waals surface area contributed by atoms with Gasteiger partial charge in [0.15, 0.2) is 6.17 Å². The Labute approximate surface area is 49.6 Å². The van der Waals surface area contributed by atoms with Gasteiger partial charge in [0, 0.05) is 0 Å². The van der Waals surface area contributed by atoms with E-state index in [1.54, 1.807) is 0 Å². The van der Waals surface area contributed by atoms with Crippen LogP contribution in [0.3, 0.4) is 0 Å². The molecule has 0 saturated heterocycles. The number of hydrogen-bond acceptors (Lipinski definition) is 2. The average molecular weight is 116 g/mol. The highest BCUT2D eigenvalue weighted by atomic mass is 16.5. The zero-order chi connectivity index (χ0) is 6.78. The number of rotatable bonds is 2. The second-order valence-electron chi connectivity index (χ2n) is 2.16. The molecule has 0 aliphatic carbocycles. The van der Waals surface area contributed by atoms with Gasteiger partial charge in [-0.15, -0.1) is 0 Å². The summed E-state index contributed by atoms with van der Waals surface area (Å²) in [7, 11) is 2.96. The Morgan fingerprint density at radius 2 is 2.12 bits per heavy atom. The van der Waals surface area contributed by atoms with Crippen LogP contribution in [0.15, 0.2) is 12.7 Å². The normalized spacial score (nSPS) is 15.5. The molecule has 0 aromatic carbocycles. The van der Waals surface area contributed by atoms with Crippen molar-refractivity contribution in [1.82, 2.24) is 0 Å². The molecule has 0 radical (unpaired) electrons. The van der Waals surface area contributed by atoms with Crippen LogP contribution in [0.5, 0.6) is 0 Å². The van der Waals surface area contributed by atoms with E-state index >= 15 is 0 Å². The first-order valence-corrected chi connectivity index (χ1v) is 2.41. The van der Waals surface area contributed by atoms with Crippen molar-refractivity contribution < 1.29 is 4.65 Å². The van der Waals surface area contributed by atoms with E-state index in [2.05, 4.69) is 6.58 Å². The van der Waals surface area contributed by atoms with Crippen LogP contribution in [0.25, 0.3) is 0 Å². The van der Waals surface area contributed by atoms with Gasteiger partial charge in [-0.25, -0.2) is 0 Å². The Balaban J connectivity index is 3.80. The first-order valence-electron chi connectivity index (χ1n) is 2.41. The van der Waals surface area contributed by atoms with Gasteiger partial charge in [0.1, 0.15) is 0 Å². The number of quaternary nitrogens is 1. The fourth-order valence-electron chi connectivity index (χ4n) is 0.254. The molecule has 3 heteroatoms. The van der Waals surface area contributed by atoms with E-state index in [9.17, 15) is 5.21 Å². The van der Waals surface area contributed by atoms with Gasteiger partial charge in [-0.2, -0.15) is 0 Å². The minimum atomic E-state index is -0.510. The summed E-state index contributed by atoms with van der Waals surface area (Å²) in [6.07, 6.45) is 0.933. The van der Waals surface area contributed by atoms with Crippen LogP contribution >= 0.6 is 0 Å². The Kier molecular flexibility index (Phi) is 2.15. The lowest BCUT2D eigenvalue weighted by molar-refractivity contribution is -0.859. The molecule has 0 amide bonds.